The normalized spacial score (nSPS) is 11.8. The first-order chi connectivity index (χ1) is 25.4. The third-order valence-electron chi connectivity index (χ3n) is 10.1. The minimum absolute atomic E-state index is 0.0527. The molecule has 0 fully saturated rings. The molecule has 0 aliphatic rings. The molecule has 9 aromatic rings. The molecule has 1 aromatic heterocycles. The van der Waals surface area contributed by atoms with Crippen molar-refractivity contribution in [1.82, 2.24) is 15.0 Å². The molecule has 0 unspecified atom stereocenters. The summed E-state index contributed by atoms with van der Waals surface area (Å²) in [6.07, 6.45) is 0. The maximum absolute atomic E-state index is 5.17. The highest BCUT2D eigenvalue weighted by atomic mass is 15.0. The molecule has 0 bridgehead atoms. The summed E-state index contributed by atoms with van der Waals surface area (Å²) in [5.74, 6) is 1.97. The number of benzene rings is 8. The van der Waals surface area contributed by atoms with Crippen LogP contribution in [0, 0.1) is 0 Å². The zero-order chi connectivity index (χ0) is 35.2. The van der Waals surface area contributed by atoms with E-state index >= 15 is 0 Å². The molecular weight excluding hydrogens is 631 g/mol. The predicted molar refractivity (Wildman–Crippen MR) is 218 cm³/mol. The van der Waals surface area contributed by atoms with Gasteiger partial charge in [0.1, 0.15) is 0 Å². The molecule has 0 radical (unpaired) electrons. The van der Waals surface area contributed by atoms with E-state index < -0.39 is 0 Å². The third-order valence-corrected chi connectivity index (χ3v) is 10.1. The summed E-state index contributed by atoms with van der Waals surface area (Å²) >= 11 is 0. The van der Waals surface area contributed by atoms with Crippen molar-refractivity contribution in [2.75, 3.05) is 0 Å². The van der Waals surface area contributed by atoms with Crippen LogP contribution in [0.5, 0.6) is 0 Å². The number of aromatic nitrogens is 3. The molecule has 0 amide bonds. The maximum Gasteiger partial charge on any atom is 0.164 e. The summed E-state index contributed by atoms with van der Waals surface area (Å²) < 4.78 is 0. The van der Waals surface area contributed by atoms with Crippen LogP contribution in [0.4, 0.5) is 0 Å². The van der Waals surface area contributed by atoms with E-state index in [1.165, 1.54) is 49.4 Å². The third kappa shape index (κ3) is 5.52. The maximum atomic E-state index is 5.17. The summed E-state index contributed by atoms with van der Waals surface area (Å²) in [6.45, 7) is 6.69. The van der Waals surface area contributed by atoms with Crippen LogP contribution < -0.4 is 0 Å². The highest BCUT2D eigenvalue weighted by Crippen LogP contribution is 2.46. The molecule has 0 N–H and O–H groups in total. The quantitative estimate of drug-likeness (QED) is 0.171. The van der Waals surface area contributed by atoms with Crippen LogP contribution in [-0.2, 0) is 5.41 Å². The summed E-state index contributed by atoms with van der Waals surface area (Å²) in [6, 6.07) is 60.3. The summed E-state index contributed by atoms with van der Waals surface area (Å²) in [7, 11) is 0. The fourth-order valence-corrected chi connectivity index (χ4v) is 7.51. The van der Waals surface area contributed by atoms with Crippen molar-refractivity contribution in [3.63, 3.8) is 0 Å². The Morgan fingerprint density at radius 1 is 0.308 bits per heavy atom. The topological polar surface area (TPSA) is 38.7 Å². The van der Waals surface area contributed by atoms with Gasteiger partial charge in [0.2, 0.25) is 0 Å². The molecule has 0 atom stereocenters. The van der Waals surface area contributed by atoms with E-state index in [1.807, 2.05) is 18.2 Å². The number of fused-ring (bicyclic) bond motifs is 3. The molecule has 8 aromatic carbocycles. The Morgan fingerprint density at radius 3 is 1.21 bits per heavy atom. The second kappa shape index (κ2) is 12.7. The molecule has 0 saturated heterocycles. The zero-order valence-corrected chi connectivity index (χ0v) is 29.5. The predicted octanol–water partition coefficient (Wildman–Crippen LogP) is 13.0. The van der Waals surface area contributed by atoms with E-state index in [-0.39, 0.29) is 5.41 Å². The lowest BCUT2D eigenvalue weighted by Crippen LogP contribution is -2.10. The van der Waals surface area contributed by atoms with Gasteiger partial charge in [-0.05, 0) is 71.6 Å². The average molecular weight is 668 g/mol. The lowest BCUT2D eigenvalue weighted by Gasteiger charge is -2.20. The first-order valence-electron chi connectivity index (χ1n) is 17.9. The molecule has 3 nitrogen and oxygen atoms in total. The van der Waals surface area contributed by atoms with Crippen molar-refractivity contribution in [2.45, 2.75) is 26.2 Å². The Labute approximate surface area is 304 Å². The van der Waals surface area contributed by atoms with Crippen LogP contribution in [0.1, 0.15) is 26.3 Å². The molecule has 1 heterocycles. The largest absolute Gasteiger partial charge is 0.208 e. The van der Waals surface area contributed by atoms with Gasteiger partial charge in [0.25, 0.3) is 0 Å². The van der Waals surface area contributed by atoms with Crippen LogP contribution in [0.3, 0.4) is 0 Å². The van der Waals surface area contributed by atoms with Gasteiger partial charge < -0.3 is 0 Å². The van der Waals surface area contributed by atoms with E-state index in [9.17, 15) is 0 Å². The van der Waals surface area contributed by atoms with Crippen molar-refractivity contribution in [3.05, 3.63) is 175 Å². The molecule has 0 aliphatic heterocycles. The van der Waals surface area contributed by atoms with Crippen molar-refractivity contribution in [2.24, 2.45) is 0 Å². The number of nitrogens with zero attached hydrogens (tertiary/aromatic N) is 3. The molecule has 248 valence electrons. The molecule has 3 heteroatoms. The molecule has 52 heavy (non-hydrogen) atoms. The highest BCUT2D eigenvalue weighted by Gasteiger charge is 2.21. The molecule has 0 saturated carbocycles. The summed E-state index contributed by atoms with van der Waals surface area (Å²) in [4.78, 5) is 15.3. The highest BCUT2D eigenvalue weighted by molar-refractivity contribution is 6.24. The Bertz CT molecular complexity index is 2690. The van der Waals surface area contributed by atoms with E-state index in [0.29, 0.717) is 17.5 Å². The number of hydrogen-bond acceptors (Lipinski definition) is 3. The molecule has 9 rings (SSSR count). The van der Waals surface area contributed by atoms with E-state index in [0.717, 1.165) is 27.5 Å². The average Bonchev–Trinajstić information content (AvgIpc) is 3.20. The van der Waals surface area contributed by atoms with Crippen molar-refractivity contribution < 1.29 is 0 Å². The van der Waals surface area contributed by atoms with Crippen molar-refractivity contribution in [3.8, 4) is 56.4 Å². The van der Waals surface area contributed by atoms with Crippen LogP contribution in [-0.4, -0.2) is 15.0 Å². The van der Waals surface area contributed by atoms with Gasteiger partial charge >= 0.3 is 0 Å². The van der Waals surface area contributed by atoms with Gasteiger partial charge in [0, 0.05) is 16.7 Å². The zero-order valence-electron chi connectivity index (χ0n) is 29.5. The fourth-order valence-electron chi connectivity index (χ4n) is 7.51. The van der Waals surface area contributed by atoms with Gasteiger partial charge in [-0.1, -0.05) is 185 Å². The standard InChI is InChI=1S/C49H37N3/c1-49(2,3)35-28-26-34(27-29-35)47-50-46(33-18-8-5-9-19-33)51-48(52-47)43-31-30-42(36-20-10-11-21-37(36)43)45-40-24-14-12-22-38(40)44(32-16-6-4-7-17-32)39-23-13-15-25-41(39)45/h4-31H,1-3H3. The Hall–Kier alpha value is -6.45. The Kier molecular flexibility index (Phi) is 7.70. The van der Waals surface area contributed by atoms with E-state index in [2.05, 4.69) is 172 Å². The minimum atomic E-state index is 0.0527. The van der Waals surface area contributed by atoms with E-state index in [4.69, 9.17) is 15.0 Å². The molecule has 0 spiro atoms. The Balaban J connectivity index is 1.28. The molecule has 0 aliphatic carbocycles. The lowest BCUT2D eigenvalue weighted by molar-refractivity contribution is 0.590. The SMILES string of the molecule is CC(C)(C)c1ccc(-c2nc(-c3ccccc3)nc(-c3ccc(-c4c5ccccc5c(-c5ccccc5)c5ccccc45)c4ccccc34)n2)cc1. The summed E-state index contributed by atoms with van der Waals surface area (Å²) in [5.41, 5.74) is 9.11. The van der Waals surface area contributed by atoms with Gasteiger partial charge in [-0.15, -0.1) is 0 Å². The smallest absolute Gasteiger partial charge is 0.164 e. The van der Waals surface area contributed by atoms with Crippen LogP contribution in [0.15, 0.2) is 170 Å². The van der Waals surface area contributed by atoms with Crippen molar-refractivity contribution >= 4 is 32.3 Å². The second-order valence-corrected chi connectivity index (χ2v) is 14.4. The monoisotopic (exact) mass is 667 g/mol. The van der Waals surface area contributed by atoms with Gasteiger partial charge in [0.05, 0.1) is 0 Å². The fraction of sp³-hybridized carbons (Fsp3) is 0.0816. The van der Waals surface area contributed by atoms with Gasteiger partial charge in [-0.2, -0.15) is 0 Å². The first-order valence-corrected chi connectivity index (χ1v) is 17.9. The number of hydrogen-bond donors (Lipinski definition) is 0. The van der Waals surface area contributed by atoms with Crippen molar-refractivity contribution in [1.29, 1.82) is 0 Å². The Morgan fingerprint density at radius 2 is 0.692 bits per heavy atom. The van der Waals surface area contributed by atoms with Crippen LogP contribution >= 0.6 is 0 Å². The van der Waals surface area contributed by atoms with Gasteiger partial charge in [0.15, 0.2) is 17.5 Å². The van der Waals surface area contributed by atoms with Gasteiger partial charge in [-0.25, -0.2) is 15.0 Å². The van der Waals surface area contributed by atoms with Crippen LogP contribution in [0.2, 0.25) is 0 Å². The lowest BCUT2D eigenvalue weighted by atomic mass is 9.84. The van der Waals surface area contributed by atoms with E-state index in [1.54, 1.807) is 0 Å². The van der Waals surface area contributed by atoms with Gasteiger partial charge in [-0.3, -0.25) is 0 Å². The first kappa shape index (κ1) is 31.5. The molecular formula is C49H37N3. The second-order valence-electron chi connectivity index (χ2n) is 14.4. The van der Waals surface area contributed by atoms with Crippen LogP contribution in [0.25, 0.3) is 88.7 Å². The number of rotatable bonds is 5. The summed E-state index contributed by atoms with van der Waals surface area (Å²) in [5, 5.41) is 7.18. The minimum Gasteiger partial charge on any atom is -0.208 e.